The number of carbonyl (C=O) groups excluding carboxylic acids is 2. The minimum absolute atomic E-state index is 0.0493. The molecule has 0 saturated carbocycles. The third-order valence-corrected chi connectivity index (χ3v) is 6.91. The zero-order chi connectivity index (χ0) is 36.7. The molecule has 0 spiro atoms. The van der Waals surface area contributed by atoms with E-state index in [2.05, 4.69) is 13.2 Å². The van der Waals surface area contributed by atoms with Gasteiger partial charge in [-0.2, -0.15) is 22.0 Å². The Morgan fingerprint density at radius 3 is 1.64 bits per heavy atom. The highest BCUT2D eigenvalue weighted by Crippen LogP contribution is 2.35. The van der Waals surface area contributed by atoms with Crippen molar-refractivity contribution in [1.29, 1.82) is 0 Å². The minimum Gasteiger partial charge on any atom is -0.490 e. The number of ether oxygens (including phenoxy) is 5. The number of unbranched alkanes of at least 4 members (excludes halogenated alkanes) is 1. The van der Waals surface area contributed by atoms with Gasteiger partial charge in [0.1, 0.15) is 43.7 Å². The quantitative estimate of drug-likeness (QED) is 0.0572. The van der Waals surface area contributed by atoms with Gasteiger partial charge in [-0.05, 0) is 72.4 Å². The van der Waals surface area contributed by atoms with Gasteiger partial charge in [-0.25, -0.2) is 9.59 Å². The van der Waals surface area contributed by atoms with Crippen molar-refractivity contribution in [1.82, 2.24) is 0 Å². The van der Waals surface area contributed by atoms with Gasteiger partial charge in [-0.3, -0.25) is 0 Å². The van der Waals surface area contributed by atoms with Crippen molar-refractivity contribution >= 4 is 11.9 Å². The van der Waals surface area contributed by atoms with E-state index in [0.29, 0.717) is 23.1 Å². The van der Waals surface area contributed by atoms with Crippen LogP contribution in [0.4, 0.5) is 22.0 Å². The molecule has 50 heavy (non-hydrogen) atoms. The van der Waals surface area contributed by atoms with Crippen LogP contribution in [0.1, 0.15) is 30.4 Å². The first-order chi connectivity index (χ1) is 23.7. The predicted octanol–water partition coefficient (Wildman–Crippen LogP) is 6.70. The first-order valence-corrected chi connectivity index (χ1v) is 15.4. The molecule has 0 bridgehead atoms. The van der Waals surface area contributed by atoms with E-state index in [0.717, 1.165) is 0 Å². The number of esters is 2. The molecule has 3 aromatic rings. The van der Waals surface area contributed by atoms with Crippen LogP contribution < -0.4 is 14.2 Å². The van der Waals surface area contributed by atoms with Crippen LogP contribution in [0.2, 0.25) is 0 Å². The lowest BCUT2D eigenvalue weighted by atomic mass is 10.0. The molecule has 270 valence electrons. The fourth-order valence-electron chi connectivity index (χ4n) is 4.27. The zero-order valence-electron chi connectivity index (χ0n) is 27.0. The number of aliphatic hydroxyl groups is 2. The van der Waals surface area contributed by atoms with Gasteiger partial charge in [0.25, 0.3) is 0 Å². The molecule has 9 nitrogen and oxygen atoms in total. The fraction of sp³-hybridized carbons (Fsp3) is 0.333. The number of hydrogen-bond donors (Lipinski definition) is 2. The van der Waals surface area contributed by atoms with Crippen molar-refractivity contribution in [2.45, 2.75) is 38.0 Å². The molecule has 0 amide bonds. The zero-order valence-corrected chi connectivity index (χ0v) is 27.0. The summed E-state index contributed by atoms with van der Waals surface area (Å²) in [4.78, 5) is 23.4. The molecule has 2 N–H and O–H groups in total. The van der Waals surface area contributed by atoms with E-state index in [4.69, 9.17) is 33.9 Å². The van der Waals surface area contributed by atoms with Crippen molar-refractivity contribution in [2.24, 2.45) is 0 Å². The molecule has 0 unspecified atom stereocenters. The number of hydrogen-bond acceptors (Lipinski definition) is 9. The Kier molecular flexibility index (Phi) is 14.8. The van der Waals surface area contributed by atoms with Gasteiger partial charge < -0.3 is 33.9 Å². The summed E-state index contributed by atoms with van der Waals surface area (Å²) in [7, 11) is 0. The number of alkyl halides is 5. The molecule has 0 aliphatic rings. The number of aliphatic hydroxyl groups excluding tert-OH is 2. The SMILES string of the molecule is C=C(CO)C(=O)OCCOc1cc(OCCOC(=O)C(=C)CO)cc(-c2ccc(OC(F)(F)c3ccc(CCCCC(F)(F)F)cc3)cc2)c1. The van der Waals surface area contributed by atoms with Crippen LogP contribution in [-0.2, 0) is 31.6 Å². The molecule has 0 saturated heterocycles. The Hall–Kier alpha value is -4.95. The summed E-state index contributed by atoms with van der Waals surface area (Å²) in [5, 5.41) is 18.0. The average Bonchev–Trinajstić information content (AvgIpc) is 3.09. The van der Waals surface area contributed by atoms with E-state index >= 15 is 0 Å². The predicted molar refractivity (Wildman–Crippen MR) is 172 cm³/mol. The second kappa shape index (κ2) is 18.7. The van der Waals surface area contributed by atoms with Crippen LogP contribution in [0, 0.1) is 0 Å². The van der Waals surface area contributed by atoms with Crippen LogP contribution in [0.5, 0.6) is 17.2 Å². The highest BCUT2D eigenvalue weighted by atomic mass is 19.4. The van der Waals surface area contributed by atoms with E-state index in [1.165, 1.54) is 54.6 Å². The van der Waals surface area contributed by atoms with Gasteiger partial charge in [-0.1, -0.05) is 37.4 Å². The van der Waals surface area contributed by atoms with E-state index in [1.54, 1.807) is 12.1 Å². The van der Waals surface area contributed by atoms with Crippen molar-refractivity contribution in [3.05, 3.63) is 102 Å². The van der Waals surface area contributed by atoms with Crippen LogP contribution in [0.15, 0.2) is 91.0 Å². The Labute approximate surface area is 285 Å². The maximum atomic E-state index is 15.0. The summed E-state index contributed by atoms with van der Waals surface area (Å²) in [6.45, 7) is 5.18. The molecule has 0 radical (unpaired) electrons. The summed E-state index contributed by atoms with van der Waals surface area (Å²) in [5.41, 5.74) is 1.06. The van der Waals surface area contributed by atoms with Gasteiger partial charge in [0, 0.05) is 12.5 Å². The maximum Gasteiger partial charge on any atom is 0.426 e. The summed E-state index contributed by atoms with van der Waals surface area (Å²) in [5.74, 6) is -1.13. The Bertz CT molecular complexity index is 1530. The van der Waals surface area contributed by atoms with Crippen LogP contribution in [-0.4, -0.2) is 68.0 Å². The lowest BCUT2D eigenvalue weighted by molar-refractivity contribution is -0.185. The van der Waals surface area contributed by atoms with Crippen molar-refractivity contribution < 1.29 is 65.4 Å². The largest absolute Gasteiger partial charge is 0.490 e. The molecule has 0 aromatic heterocycles. The number of halogens is 5. The lowest BCUT2D eigenvalue weighted by Gasteiger charge is -2.19. The highest BCUT2D eigenvalue weighted by molar-refractivity contribution is 5.88. The Balaban J connectivity index is 1.68. The van der Waals surface area contributed by atoms with Crippen molar-refractivity contribution in [3.63, 3.8) is 0 Å². The van der Waals surface area contributed by atoms with Crippen molar-refractivity contribution in [3.8, 4) is 28.4 Å². The first kappa shape index (κ1) is 39.5. The summed E-state index contributed by atoms with van der Waals surface area (Å²) >= 11 is 0. The second-order valence-electron chi connectivity index (χ2n) is 10.8. The highest BCUT2D eigenvalue weighted by Gasteiger charge is 2.34. The lowest BCUT2D eigenvalue weighted by Crippen LogP contribution is -2.21. The molecule has 3 aromatic carbocycles. The smallest absolute Gasteiger partial charge is 0.426 e. The normalized spacial score (nSPS) is 11.4. The van der Waals surface area contributed by atoms with E-state index in [-0.39, 0.29) is 67.7 Å². The monoisotopic (exact) mass is 708 g/mol. The van der Waals surface area contributed by atoms with Gasteiger partial charge >= 0.3 is 24.2 Å². The average molecular weight is 709 g/mol. The third-order valence-electron chi connectivity index (χ3n) is 6.91. The molecular formula is C36H37F5O9. The minimum atomic E-state index is -4.23. The van der Waals surface area contributed by atoms with Gasteiger partial charge in [0.15, 0.2) is 0 Å². The Morgan fingerprint density at radius 1 is 0.640 bits per heavy atom. The second-order valence-corrected chi connectivity index (χ2v) is 10.8. The summed E-state index contributed by atoms with van der Waals surface area (Å²) in [6.07, 6.45) is -8.28. The number of carbonyl (C=O) groups is 2. The molecule has 0 aliphatic carbocycles. The van der Waals surface area contributed by atoms with Crippen LogP contribution in [0.25, 0.3) is 11.1 Å². The molecule has 0 fully saturated rings. The standard InChI is InChI=1S/C36H37F5O9/c1-24(22-42)33(44)48-17-15-46-31-19-28(20-32(21-31)47-16-18-49-34(45)25(2)23-43)27-8-12-30(13-9-27)50-36(40,41)29-10-6-26(7-11-29)5-3-4-14-35(37,38)39/h6-13,19-21,42-43H,1-5,14-18,22-23H2. The van der Waals surface area contributed by atoms with Gasteiger partial charge in [-0.15, -0.1) is 0 Å². The molecule has 3 rings (SSSR count). The van der Waals surface area contributed by atoms with E-state index in [1.807, 2.05) is 0 Å². The third kappa shape index (κ3) is 13.2. The summed E-state index contributed by atoms with van der Waals surface area (Å²) < 4.78 is 93.3. The Morgan fingerprint density at radius 2 is 1.16 bits per heavy atom. The maximum absolute atomic E-state index is 15.0. The van der Waals surface area contributed by atoms with E-state index in [9.17, 15) is 31.5 Å². The number of aryl methyl sites for hydroxylation is 1. The van der Waals surface area contributed by atoms with Gasteiger partial charge in [0.2, 0.25) is 0 Å². The fourth-order valence-corrected chi connectivity index (χ4v) is 4.27. The van der Waals surface area contributed by atoms with E-state index < -0.39 is 49.4 Å². The molecule has 0 aliphatic heterocycles. The topological polar surface area (TPSA) is 121 Å². The molecule has 0 heterocycles. The van der Waals surface area contributed by atoms with Crippen molar-refractivity contribution in [2.75, 3.05) is 39.6 Å². The van der Waals surface area contributed by atoms with Crippen LogP contribution >= 0.6 is 0 Å². The van der Waals surface area contributed by atoms with Crippen LogP contribution in [0.3, 0.4) is 0 Å². The number of rotatable bonds is 20. The summed E-state index contributed by atoms with van der Waals surface area (Å²) in [6, 6.07) is 15.7. The first-order valence-electron chi connectivity index (χ1n) is 15.4. The van der Waals surface area contributed by atoms with Gasteiger partial charge in [0.05, 0.1) is 29.9 Å². The molecule has 0 atom stereocenters. The molecule has 14 heteroatoms. The number of benzene rings is 3. The molecular weight excluding hydrogens is 671 g/mol.